The number of cyclic esters (lactones) is 1. The minimum atomic E-state index is -3.22. The highest BCUT2D eigenvalue weighted by molar-refractivity contribution is 7.13. The first-order valence-electron chi connectivity index (χ1n) is 22.8. The fourth-order valence-electron chi connectivity index (χ4n) is 9.73. The van der Waals surface area contributed by atoms with Crippen molar-refractivity contribution in [2.45, 2.75) is 168 Å². The number of anilines is 1. The molecule has 2 aromatic rings. The zero-order chi connectivity index (χ0) is 48.9. The van der Waals surface area contributed by atoms with Crippen LogP contribution in [0.2, 0.25) is 0 Å². The molecular formula is C47H69FN6O11S. The molecule has 366 valence electrons. The molecule has 0 aromatic carbocycles. The van der Waals surface area contributed by atoms with Crippen LogP contribution in [0.15, 0.2) is 33.7 Å². The molecule has 3 fully saturated rings. The second-order valence-electron chi connectivity index (χ2n) is 18.8. The van der Waals surface area contributed by atoms with Crippen LogP contribution in [0.1, 0.15) is 113 Å². The lowest BCUT2D eigenvalue weighted by molar-refractivity contribution is -0.299. The number of fused-ring (bicyclic) bond motifs is 5. The normalized spacial score (nSPS) is 36.3. The summed E-state index contributed by atoms with van der Waals surface area (Å²) in [4.78, 5) is 76.2. The van der Waals surface area contributed by atoms with Crippen molar-refractivity contribution in [3.8, 4) is 10.7 Å². The number of hydrogen-bond donors (Lipinski definition) is 2. The number of carbonyl (C=O) groups excluding carboxylic acids is 4. The number of aliphatic imine (C=N–C) groups is 1. The van der Waals surface area contributed by atoms with Crippen LogP contribution in [0.5, 0.6) is 0 Å². The molecule has 0 aliphatic carbocycles. The number of ketones is 1. The molecule has 13 atom stereocenters. The Labute approximate surface area is 391 Å². The number of rotatable bonds is 10. The molecule has 0 spiro atoms. The molecule has 3 aliphatic rings. The Kier molecular flexibility index (Phi) is 17.4. The molecule has 0 radical (unpaired) electrons. The van der Waals surface area contributed by atoms with Gasteiger partial charge in [0.2, 0.25) is 5.91 Å². The quantitative estimate of drug-likeness (QED) is 0.152. The van der Waals surface area contributed by atoms with Crippen LogP contribution in [0.25, 0.3) is 10.7 Å². The third kappa shape index (κ3) is 12.1. The lowest BCUT2D eigenvalue weighted by Crippen LogP contribution is -2.61. The van der Waals surface area contributed by atoms with Crippen molar-refractivity contribution in [3.05, 3.63) is 29.3 Å². The van der Waals surface area contributed by atoms with E-state index in [1.165, 1.54) is 32.1 Å². The number of aromatic nitrogens is 2. The Morgan fingerprint density at radius 2 is 1.80 bits per heavy atom. The average molecular weight is 945 g/mol. The number of oxime groups is 1. The van der Waals surface area contributed by atoms with Gasteiger partial charge in [-0.1, -0.05) is 45.8 Å². The second-order valence-corrected chi connectivity index (χ2v) is 19.7. The number of amides is 1. The summed E-state index contributed by atoms with van der Waals surface area (Å²) in [6.07, 6.45) is -4.40. The number of Topliss-reactive ketones (excluding diaryl/α,β-unsaturated/α-hetero) is 1. The Hall–Kier alpha value is -4.27. The molecule has 19 heteroatoms. The Morgan fingerprint density at radius 1 is 1.09 bits per heavy atom. The van der Waals surface area contributed by atoms with E-state index in [9.17, 15) is 24.3 Å². The predicted molar refractivity (Wildman–Crippen MR) is 246 cm³/mol. The lowest BCUT2D eigenvalue weighted by Gasteiger charge is -2.48. The average Bonchev–Trinajstić information content (AvgIpc) is 3.73. The summed E-state index contributed by atoms with van der Waals surface area (Å²) in [6.45, 7) is 15.5. The van der Waals surface area contributed by atoms with Gasteiger partial charge in [-0.15, -0.1) is 11.3 Å². The highest BCUT2D eigenvalue weighted by atomic mass is 32.1. The summed E-state index contributed by atoms with van der Waals surface area (Å²) < 4.78 is 49.1. The molecule has 66 heavy (non-hydrogen) atoms. The first-order valence-corrected chi connectivity index (χ1v) is 23.7. The molecule has 3 saturated heterocycles. The minimum absolute atomic E-state index is 0.0217. The molecule has 3 N–H and O–H groups in total. The number of carbonyl (C=O) groups is 4. The number of likely N-dealkylation sites (N-methyl/N-ethyl adjacent to an activating group) is 1. The summed E-state index contributed by atoms with van der Waals surface area (Å²) >= 11 is 1.37. The molecule has 2 aromatic heterocycles. The lowest BCUT2D eigenvalue weighted by atomic mass is 9.68. The number of thiazole rings is 1. The number of pyridine rings is 1. The van der Waals surface area contributed by atoms with Crippen molar-refractivity contribution in [2.75, 3.05) is 26.4 Å². The van der Waals surface area contributed by atoms with E-state index in [2.05, 4.69) is 20.1 Å². The summed E-state index contributed by atoms with van der Waals surface area (Å²) in [5.74, 6) is -6.72. The zero-order valence-corrected chi connectivity index (χ0v) is 41.2. The van der Waals surface area contributed by atoms with Crippen molar-refractivity contribution in [2.24, 2.45) is 33.8 Å². The number of esters is 2. The predicted octanol–water partition coefficient (Wildman–Crippen LogP) is 6.29. The van der Waals surface area contributed by atoms with Gasteiger partial charge in [-0.05, 0) is 97.9 Å². The van der Waals surface area contributed by atoms with Gasteiger partial charge < -0.3 is 44.3 Å². The number of halogens is 1. The van der Waals surface area contributed by atoms with Gasteiger partial charge in [0.05, 0.1) is 41.9 Å². The Balaban J connectivity index is 1.70. The van der Waals surface area contributed by atoms with E-state index < -0.39 is 95.0 Å². The van der Waals surface area contributed by atoms with Crippen molar-refractivity contribution in [1.29, 1.82) is 0 Å². The number of nitrogen functional groups attached to an aromatic ring is 1. The summed E-state index contributed by atoms with van der Waals surface area (Å²) in [5.41, 5.74) is 1.30. The number of nitrogens with two attached hydrogens (primary N) is 1. The number of aliphatic hydroxyl groups is 1. The van der Waals surface area contributed by atoms with Crippen molar-refractivity contribution in [3.63, 3.8) is 0 Å². The highest BCUT2D eigenvalue weighted by Gasteiger charge is 2.57. The van der Waals surface area contributed by atoms with Crippen LogP contribution >= 0.6 is 11.3 Å². The first-order chi connectivity index (χ1) is 30.9. The van der Waals surface area contributed by atoms with Gasteiger partial charge >= 0.3 is 11.9 Å². The molecule has 5 heterocycles. The summed E-state index contributed by atoms with van der Waals surface area (Å²) in [5, 5.41) is 19.7. The second kappa shape index (κ2) is 21.8. The minimum Gasteiger partial charge on any atom is -0.457 e. The fraction of sp³-hybridized carbons (Fsp3) is 0.702. The van der Waals surface area contributed by atoms with Crippen LogP contribution in [0, 0.1) is 23.7 Å². The number of alkyl halides is 1. The van der Waals surface area contributed by atoms with Crippen LogP contribution in [-0.2, 0) is 54.3 Å². The number of ether oxygens (including phenoxy) is 5. The maximum Gasteiger partial charge on any atom is 0.351 e. The standard InChI is InChI=1S/C47H69FN6O11S/c1-13-35-47(10,59)32-19-18-30(53-61-23-31-24-66-42(50-31)33-16-15-17-36(49)51-33)22-60-45(8,21-25(3)38(27(32)5)52-37(56)14-2)41(28(6)40(57)46(9,48)44(58)64-35)65-43-39(63-29(7)55)34(54(11)12)20-26(4)62-43/h15-17,24-28,32,34-35,39,41,43,59H,13-14,18-23H2,1-12H3,(H2,49,51)/b52-38+,53-30?/t25-,26-,27-,28+,32-,34+,35-,39-,41-,43+,45-,46+,47+/m1/s1. The molecule has 3 aliphatic heterocycles. The zero-order valence-electron chi connectivity index (χ0n) is 40.4. The SMILES string of the molecule is CCC(=O)/N=C1\[C@H](C)C[C@@]2(C)OCC(=NOCc3csc(-c4cccc(N)n4)n3)CC[C@H]([C@H]1C)[C@](C)(O)[C@@H](CC)OC(=O)[C@@](C)(F)C(=O)[C@H](C)[C@H]2O[C@@H]1O[C@H](C)C[C@H](N(C)C)[C@H]1OC(C)=O. The van der Waals surface area contributed by atoms with Crippen LogP contribution in [-0.4, -0.2) is 129 Å². The topological polar surface area (TPSA) is 224 Å². The highest BCUT2D eigenvalue weighted by Crippen LogP contribution is 2.43. The number of hydrogen-bond acceptors (Lipinski definition) is 17. The first kappa shape index (κ1) is 52.7. The van der Waals surface area contributed by atoms with Crippen molar-refractivity contribution in [1.82, 2.24) is 14.9 Å². The molecule has 1 amide bonds. The third-order valence-corrected chi connectivity index (χ3v) is 14.2. The smallest absolute Gasteiger partial charge is 0.351 e. The molecule has 0 saturated carbocycles. The molecule has 0 unspecified atom stereocenters. The molecule has 5 rings (SSSR count). The van der Waals surface area contributed by atoms with E-state index in [0.29, 0.717) is 40.1 Å². The molecule has 2 bridgehead atoms. The summed E-state index contributed by atoms with van der Waals surface area (Å²) in [6, 6.07) is 4.89. The largest absolute Gasteiger partial charge is 0.457 e. The van der Waals surface area contributed by atoms with Gasteiger partial charge in [-0.25, -0.2) is 24.1 Å². The Morgan fingerprint density at radius 3 is 2.44 bits per heavy atom. The summed E-state index contributed by atoms with van der Waals surface area (Å²) in [7, 11) is 3.67. The van der Waals surface area contributed by atoms with Gasteiger partial charge in [-0.2, -0.15) is 0 Å². The van der Waals surface area contributed by atoms with E-state index in [1.807, 2.05) is 45.1 Å². The van der Waals surface area contributed by atoms with E-state index in [0.717, 1.165) is 6.92 Å². The van der Waals surface area contributed by atoms with Gasteiger partial charge in [-0.3, -0.25) is 14.4 Å². The van der Waals surface area contributed by atoms with E-state index in [-0.39, 0.29) is 51.2 Å². The molecular weight excluding hydrogens is 876 g/mol. The van der Waals surface area contributed by atoms with E-state index >= 15 is 4.39 Å². The van der Waals surface area contributed by atoms with Gasteiger partial charge in [0.15, 0.2) is 24.8 Å². The van der Waals surface area contributed by atoms with Crippen LogP contribution in [0.4, 0.5) is 10.2 Å². The third-order valence-electron chi connectivity index (χ3n) is 13.3. The van der Waals surface area contributed by atoms with Crippen LogP contribution < -0.4 is 5.73 Å². The molecule has 17 nitrogen and oxygen atoms in total. The van der Waals surface area contributed by atoms with Crippen LogP contribution in [0.3, 0.4) is 0 Å². The monoisotopic (exact) mass is 944 g/mol. The van der Waals surface area contributed by atoms with E-state index in [4.69, 9.17) is 34.3 Å². The van der Waals surface area contributed by atoms with Gasteiger partial charge in [0, 0.05) is 36.3 Å². The van der Waals surface area contributed by atoms with E-state index in [1.54, 1.807) is 39.0 Å². The van der Waals surface area contributed by atoms with Crippen molar-refractivity contribution >= 4 is 52.2 Å². The maximum absolute atomic E-state index is 17.1. The van der Waals surface area contributed by atoms with Crippen molar-refractivity contribution < 1.29 is 57.2 Å². The maximum atomic E-state index is 17.1. The van der Waals surface area contributed by atoms with Gasteiger partial charge in [0.1, 0.15) is 28.2 Å². The van der Waals surface area contributed by atoms with Gasteiger partial charge in [0.25, 0.3) is 5.67 Å². The fourth-order valence-corrected chi connectivity index (χ4v) is 10.5. The number of nitrogens with zero attached hydrogens (tertiary/aromatic N) is 5. The Bertz CT molecular complexity index is 2110.